The van der Waals surface area contributed by atoms with E-state index in [1.165, 1.54) is 6.33 Å². The van der Waals surface area contributed by atoms with Gasteiger partial charge < -0.3 is 20.7 Å². The SMILES string of the molecule is CN1CCC(CNc2ncnc(N)c2C(=N)c2ccc3cc(OC4CC4)ccc3c2)CC1. The van der Waals surface area contributed by atoms with E-state index in [1.807, 2.05) is 30.3 Å². The summed E-state index contributed by atoms with van der Waals surface area (Å²) in [5, 5.41) is 14.5. The van der Waals surface area contributed by atoms with Gasteiger partial charge in [0.05, 0.1) is 17.4 Å². The van der Waals surface area contributed by atoms with E-state index in [-0.39, 0.29) is 0 Å². The van der Waals surface area contributed by atoms with Crippen molar-refractivity contribution in [3.8, 4) is 5.75 Å². The zero-order chi connectivity index (χ0) is 22.1. The first-order valence-electron chi connectivity index (χ1n) is 11.4. The van der Waals surface area contributed by atoms with Gasteiger partial charge in [-0.25, -0.2) is 9.97 Å². The topological polar surface area (TPSA) is 100 Å². The molecule has 1 saturated heterocycles. The summed E-state index contributed by atoms with van der Waals surface area (Å²) in [6.07, 6.45) is 6.44. The van der Waals surface area contributed by atoms with Gasteiger partial charge in [-0.1, -0.05) is 18.2 Å². The van der Waals surface area contributed by atoms with Gasteiger partial charge in [0.25, 0.3) is 0 Å². The predicted octanol–water partition coefficient (Wildman–Crippen LogP) is 3.92. The second-order valence-electron chi connectivity index (χ2n) is 9.03. The van der Waals surface area contributed by atoms with Crippen molar-refractivity contribution in [1.29, 1.82) is 5.41 Å². The van der Waals surface area contributed by atoms with Crippen molar-refractivity contribution in [3.63, 3.8) is 0 Å². The highest BCUT2D eigenvalue weighted by molar-refractivity contribution is 6.17. The van der Waals surface area contributed by atoms with E-state index in [9.17, 15) is 0 Å². The minimum Gasteiger partial charge on any atom is -0.490 e. The van der Waals surface area contributed by atoms with Crippen molar-refractivity contribution >= 4 is 28.1 Å². The van der Waals surface area contributed by atoms with Crippen LogP contribution in [0.1, 0.15) is 36.8 Å². The number of ether oxygens (including phenoxy) is 1. The number of piperidine rings is 1. The molecule has 1 saturated carbocycles. The molecule has 0 atom stereocenters. The van der Waals surface area contributed by atoms with E-state index in [2.05, 4.69) is 33.3 Å². The summed E-state index contributed by atoms with van der Waals surface area (Å²) in [4.78, 5) is 10.9. The molecule has 0 unspecified atom stereocenters. The van der Waals surface area contributed by atoms with Crippen LogP contribution in [0.5, 0.6) is 5.75 Å². The van der Waals surface area contributed by atoms with Crippen molar-refractivity contribution in [2.24, 2.45) is 5.92 Å². The van der Waals surface area contributed by atoms with Gasteiger partial charge in [0.2, 0.25) is 0 Å². The summed E-state index contributed by atoms with van der Waals surface area (Å²) in [6, 6.07) is 12.1. The van der Waals surface area contributed by atoms with Crippen LogP contribution in [0.4, 0.5) is 11.6 Å². The minimum absolute atomic E-state index is 0.323. The number of anilines is 2. The Labute approximate surface area is 188 Å². The summed E-state index contributed by atoms with van der Waals surface area (Å²) in [5.41, 5.74) is 7.90. The fourth-order valence-electron chi connectivity index (χ4n) is 4.26. The number of nitrogens with one attached hydrogen (secondary N) is 2. The van der Waals surface area contributed by atoms with Gasteiger partial charge in [0.15, 0.2) is 0 Å². The number of nitrogens with two attached hydrogens (primary N) is 1. The molecule has 32 heavy (non-hydrogen) atoms. The maximum Gasteiger partial charge on any atom is 0.141 e. The number of nitrogens with zero attached hydrogens (tertiary/aromatic N) is 3. The molecule has 5 rings (SSSR count). The monoisotopic (exact) mass is 430 g/mol. The van der Waals surface area contributed by atoms with Gasteiger partial charge in [0, 0.05) is 12.1 Å². The van der Waals surface area contributed by atoms with E-state index in [0.717, 1.165) is 67.4 Å². The third-order valence-electron chi connectivity index (χ3n) is 6.45. The Morgan fingerprint density at radius 2 is 1.84 bits per heavy atom. The van der Waals surface area contributed by atoms with Crippen molar-refractivity contribution < 1.29 is 4.74 Å². The van der Waals surface area contributed by atoms with Crippen molar-refractivity contribution in [3.05, 3.63) is 53.9 Å². The van der Waals surface area contributed by atoms with Crippen molar-refractivity contribution in [2.45, 2.75) is 31.8 Å². The Morgan fingerprint density at radius 3 is 2.62 bits per heavy atom. The number of nitrogen functional groups attached to an aromatic ring is 1. The highest BCUT2D eigenvalue weighted by Gasteiger charge is 2.23. The Hall–Kier alpha value is -3.19. The lowest BCUT2D eigenvalue weighted by Gasteiger charge is -2.29. The molecule has 0 bridgehead atoms. The quantitative estimate of drug-likeness (QED) is 0.491. The van der Waals surface area contributed by atoms with E-state index >= 15 is 0 Å². The highest BCUT2D eigenvalue weighted by Crippen LogP contribution is 2.30. The molecule has 0 amide bonds. The number of hydrogen-bond acceptors (Lipinski definition) is 7. The lowest BCUT2D eigenvalue weighted by molar-refractivity contribution is 0.226. The maximum absolute atomic E-state index is 8.89. The van der Waals surface area contributed by atoms with Gasteiger partial charge >= 0.3 is 0 Å². The molecule has 1 aliphatic carbocycles. The summed E-state index contributed by atoms with van der Waals surface area (Å²) < 4.78 is 5.91. The van der Waals surface area contributed by atoms with E-state index < -0.39 is 0 Å². The first-order valence-corrected chi connectivity index (χ1v) is 11.4. The van der Waals surface area contributed by atoms with Crippen LogP contribution in [0.3, 0.4) is 0 Å². The van der Waals surface area contributed by atoms with Crippen LogP contribution in [0, 0.1) is 11.3 Å². The first-order chi connectivity index (χ1) is 15.6. The first kappa shape index (κ1) is 20.7. The Bertz CT molecular complexity index is 1130. The second-order valence-corrected chi connectivity index (χ2v) is 9.03. The Morgan fingerprint density at radius 1 is 1.09 bits per heavy atom. The molecule has 3 aromatic rings. The smallest absolute Gasteiger partial charge is 0.141 e. The van der Waals surface area contributed by atoms with Crippen LogP contribution in [0.2, 0.25) is 0 Å². The van der Waals surface area contributed by atoms with Crippen LogP contribution < -0.4 is 15.8 Å². The van der Waals surface area contributed by atoms with Gasteiger partial charge in [-0.15, -0.1) is 0 Å². The van der Waals surface area contributed by atoms with Gasteiger partial charge in [0.1, 0.15) is 23.7 Å². The molecule has 4 N–H and O–H groups in total. The van der Waals surface area contributed by atoms with E-state index in [0.29, 0.717) is 34.9 Å². The predicted molar refractivity (Wildman–Crippen MR) is 129 cm³/mol. The molecule has 166 valence electrons. The number of hydrogen-bond donors (Lipinski definition) is 3. The number of likely N-dealkylation sites (tertiary alicyclic amines) is 1. The molecule has 2 aromatic carbocycles. The molecular weight excluding hydrogens is 400 g/mol. The lowest BCUT2D eigenvalue weighted by Crippen LogP contribution is -2.33. The lowest BCUT2D eigenvalue weighted by atomic mass is 9.96. The summed E-state index contributed by atoms with van der Waals surface area (Å²) >= 11 is 0. The standard InChI is InChI=1S/C25H30N6O/c1-31-10-8-16(9-11-31)14-28-25-22(24(27)29-15-30-25)23(26)19-3-2-18-13-21(32-20-6-7-20)5-4-17(18)12-19/h2-5,12-13,15-16,20,26H,6-11,14H2,1H3,(H3,27,28,29,30). The van der Waals surface area contributed by atoms with Crippen LogP contribution >= 0.6 is 0 Å². The van der Waals surface area contributed by atoms with Crippen molar-refractivity contribution in [1.82, 2.24) is 14.9 Å². The Balaban J connectivity index is 1.36. The average Bonchev–Trinajstić information content (AvgIpc) is 3.62. The molecule has 1 aliphatic heterocycles. The molecule has 0 spiro atoms. The van der Waals surface area contributed by atoms with Crippen LogP contribution in [0.15, 0.2) is 42.7 Å². The molecule has 7 heteroatoms. The molecule has 7 nitrogen and oxygen atoms in total. The number of benzene rings is 2. The molecule has 2 heterocycles. The van der Waals surface area contributed by atoms with Crippen molar-refractivity contribution in [2.75, 3.05) is 37.7 Å². The fourth-order valence-corrected chi connectivity index (χ4v) is 4.26. The molecule has 0 radical (unpaired) electrons. The summed E-state index contributed by atoms with van der Waals surface area (Å²) in [7, 11) is 2.17. The van der Waals surface area contributed by atoms with Crippen LogP contribution in [0.25, 0.3) is 10.8 Å². The number of aromatic nitrogens is 2. The summed E-state index contributed by atoms with van der Waals surface area (Å²) in [6.45, 7) is 3.06. The Kier molecular flexibility index (Phi) is 5.66. The second kappa shape index (κ2) is 8.74. The number of rotatable bonds is 7. The van der Waals surface area contributed by atoms with E-state index in [4.69, 9.17) is 15.9 Å². The summed E-state index contributed by atoms with van der Waals surface area (Å²) in [5.74, 6) is 2.46. The number of fused-ring (bicyclic) bond motifs is 1. The largest absolute Gasteiger partial charge is 0.490 e. The molecule has 2 fully saturated rings. The third-order valence-corrected chi connectivity index (χ3v) is 6.45. The zero-order valence-electron chi connectivity index (χ0n) is 18.5. The fraction of sp³-hybridized carbons (Fsp3) is 0.400. The van der Waals surface area contributed by atoms with Gasteiger partial charge in [-0.2, -0.15) is 0 Å². The van der Waals surface area contributed by atoms with Gasteiger partial charge in [-0.05, 0) is 80.7 Å². The van der Waals surface area contributed by atoms with Gasteiger partial charge in [-0.3, -0.25) is 5.41 Å². The van der Waals surface area contributed by atoms with Crippen LogP contribution in [-0.4, -0.2) is 53.4 Å². The third kappa shape index (κ3) is 4.53. The molecule has 1 aromatic heterocycles. The normalized spacial score (nSPS) is 17.4. The van der Waals surface area contributed by atoms with E-state index in [1.54, 1.807) is 0 Å². The zero-order valence-corrected chi connectivity index (χ0v) is 18.5. The highest BCUT2D eigenvalue weighted by atomic mass is 16.5. The van der Waals surface area contributed by atoms with Crippen LogP contribution in [-0.2, 0) is 0 Å². The molecule has 2 aliphatic rings. The minimum atomic E-state index is 0.323. The molecular formula is C25H30N6O. The maximum atomic E-state index is 8.89. The average molecular weight is 431 g/mol.